The van der Waals surface area contributed by atoms with Gasteiger partial charge in [-0.2, -0.15) is 0 Å². The summed E-state index contributed by atoms with van der Waals surface area (Å²) < 4.78 is 21.3. The van der Waals surface area contributed by atoms with E-state index in [4.69, 9.17) is 5.14 Å². The second-order valence-corrected chi connectivity index (χ2v) is 5.84. The van der Waals surface area contributed by atoms with Crippen molar-refractivity contribution in [3.05, 3.63) is 0 Å². The Morgan fingerprint density at radius 1 is 1.60 bits per heavy atom. The van der Waals surface area contributed by atoms with Gasteiger partial charge >= 0.3 is 0 Å². The van der Waals surface area contributed by atoms with Gasteiger partial charge in [-0.15, -0.1) is 0 Å². The van der Waals surface area contributed by atoms with Crippen LogP contribution >= 0.6 is 0 Å². The highest BCUT2D eigenvalue weighted by Gasteiger charge is 2.35. The highest BCUT2D eigenvalue weighted by atomic mass is 32.2. The fourth-order valence-electron chi connectivity index (χ4n) is 1.53. The lowest BCUT2D eigenvalue weighted by Crippen LogP contribution is -2.42. The first-order valence-electron chi connectivity index (χ1n) is 4.83. The summed E-state index contributed by atoms with van der Waals surface area (Å²) in [6.07, 6.45) is 0.772. The van der Waals surface area contributed by atoms with Crippen LogP contribution in [0.2, 0.25) is 0 Å². The Morgan fingerprint density at radius 3 is 2.73 bits per heavy atom. The Kier molecular flexibility index (Phi) is 3.69. The summed E-state index contributed by atoms with van der Waals surface area (Å²) in [6, 6.07) is 0. The van der Waals surface area contributed by atoms with E-state index in [2.05, 4.69) is 10.6 Å². The van der Waals surface area contributed by atoms with Crippen molar-refractivity contribution in [3.63, 3.8) is 0 Å². The predicted molar refractivity (Wildman–Crippen MR) is 56.6 cm³/mol. The van der Waals surface area contributed by atoms with Crippen molar-refractivity contribution in [2.45, 2.75) is 13.3 Å². The number of hydrogen-bond acceptors (Lipinski definition) is 4. The molecule has 7 heteroatoms. The molecular weight excluding hydrogens is 218 g/mol. The van der Waals surface area contributed by atoms with Crippen LogP contribution in [0.3, 0.4) is 0 Å². The fourth-order valence-corrected chi connectivity index (χ4v) is 1.92. The number of nitrogens with two attached hydrogens (primary N) is 1. The third-order valence-corrected chi connectivity index (χ3v) is 3.36. The quantitative estimate of drug-likeness (QED) is 0.545. The van der Waals surface area contributed by atoms with Gasteiger partial charge in [-0.1, -0.05) is 0 Å². The van der Waals surface area contributed by atoms with Crippen LogP contribution in [0, 0.1) is 5.41 Å². The Hall–Kier alpha value is -0.660. The summed E-state index contributed by atoms with van der Waals surface area (Å²) >= 11 is 0. The molecule has 0 aromatic heterocycles. The molecule has 0 aromatic rings. The minimum atomic E-state index is -3.49. The molecule has 1 saturated heterocycles. The molecule has 88 valence electrons. The van der Waals surface area contributed by atoms with Crippen LogP contribution in [0.15, 0.2) is 0 Å². The van der Waals surface area contributed by atoms with Crippen LogP contribution in [0.5, 0.6) is 0 Å². The van der Waals surface area contributed by atoms with Crippen molar-refractivity contribution in [3.8, 4) is 0 Å². The molecule has 1 fully saturated rings. The van der Waals surface area contributed by atoms with E-state index in [9.17, 15) is 13.2 Å². The number of amides is 1. The molecule has 0 bridgehead atoms. The number of sulfonamides is 1. The van der Waals surface area contributed by atoms with Crippen molar-refractivity contribution >= 4 is 15.9 Å². The third kappa shape index (κ3) is 3.77. The Labute approximate surface area is 89.6 Å². The molecule has 1 heterocycles. The zero-order valence-corrected chi connectivity index (χ0v) is 9.56. The second-order valence-electron chi connectivity index (χ2n) is 4.11. The summed E-state index contributed by atoms with van der Waals surface area (Å²) in [5.74, 6) is -0.335. The number of carbonyl (C=O) groups excluding carboxylic acids is 1. The lowest BCUT2D eigenvalue weighted by atomic mass is 9.89. The molecule has 1 unspecified atom stereocenters. The van der Waals surface area contributed by atoms with Crippen LogP contribution in [-0.4, -0.2) is 39.7 Å². The van der Waals surface area contributed by atoms with E-state index in [1.807, 2.05) is 6.92 Å². The standard InChI is InChI=1S/C8H17N3O3S/c1-8(2-3-10-6-8)7(12)11-4-5-15(9,13)14/h10H,2-6H2,1H3,(H,11,12)(H2,9,13,14). The van der Waals surface area contributed by atoms with E-state index < -0.39 is 15.4 Å². The van der Waals surface area contributed by atoms with Gasteiger partial charge in [0.2, 0.25) is 15.9 Å². The maximum Gasteiger partial charge on any atom is 0.227 e. The summed E-state index contributed by atoms with van der Waals surface area (Å²) in [5, 5.41) is 10.5. The molecule has 1 atom stereocenters. The van der Waals surface area contributed by atoms with Gasteiger partial charge < -0.3 is 10.6 Å². The largest absolute Gasteiger partial charge is 0.355 e. The molecule has 4 N–H and O–H groups in total. The first-order valence-corrected chi connectivity index (χ1v) is 6.55. The lowest BCUT2D eigenvalue weighted by Gasteiger charge is -2.21. The van der Waals surface area contributed by atoms with E-state index in [-0.39, 0.29) is 18.2 Å². The Morgan fingerprint density at radius 2 is 2.27 bits per heavy atom. The van der Waals surface area contributed by atoms with Crippen LogP contribution in [0.1, 0.15) is 13.3 Å². The van der Waals surface area contributed by atoms with Gasteiger partial charge in [0.1, 0.15) is 0 Å². The smallest absolute Gasteiger partial charge is 0.227 e. The maximum absolute atomic E-state index is 11.7. The molecule has 0 radical (unpaired) electrons. The number of carbonyl (C=O) groups is 1. The minimum absolute atomic E-state index is 0.0766. The van der Waals surface area contributed by atoms with Crippen LogP contribution in [-0.2, 0) is 14.8 Å². The second kappa shape index (κ2) is 4.46. The van der Waals surface area contributed by atoms with Crippen LogP contribution in [0.25, 0.3) is 0 Å². The van der Waals surface area contributed by atoms with E-state index in [0.29, 0.717) is 6.54 Å². The van der Waals surface area contributed by atoms with E-state index >= 15 is 0 Å². The van der Waals surface area contributed by atoms with Crippen molar-refractivity contribution in [2.24, 2.45) is 10.6 Å². The topological polar surface area (TPSA) is 101 Å². The fraction of sp³-hybridized carbons (Fsp3) is 0.875. The summed E-state index contributed by atoms with van der Waals surface area (Å²) in [5.41, 5.74) is -0.418. The lowest BCUT2D eigenvalue weighted by molar-refractivity contribution is -0.129. The van der Waals surface area contributed by atoms with Crippen LogP contribution < -0.4 is 15.8 Å². The SMILES string of the molecule is CC1(C(=O)NCCS(N)(=O)=O)CCNC1. The van der Waals surface area contributed by atoms with Crippen LogP contribution in [0.4, 0.5) is 0 Å². The average molecular weight is 235 g/mol. The predicted octanol–water partition coefficient (Wildman–Crippen LogP) is -1.61. The van der Waals surface area contributed by atoms with Gasteiger partial charge in [0.05, 0.1) is 11.2 Å². The zero-order valence-electron chi connectivity index (χ0n) is 8.75. The monoisotopic (exact) mass is 235 g/mol. The molecule has 0 aromatic carbocycles. The number of primary sulfonamides is 1. The van der Waals surface area contributed by atoms with Gasteiger partial charge in [-0.3, -0.25) is 4.79 Å². The van der Waals surface area contributed by atoms with E-state index in [1.165, 1.54) is 0 Å². The van der Waals surface area contributed by atoms with Gasteiger partial charge in [-0.25, -0.2) is 13.6 Å². The molecule has 1 rings (SSSR count). The third-order valence-electron chi connectivity index (χ3n) is 2.59. The van der Waals surface area contributed by atoms with Crippen molar-refractivity contribution in [2.75, 3.05) is 25.4 Å². The molecule has 6 nitrogen and oxygen atoms in total. The van der Waals surface area contributed by atoms with Gasteiger partial charge in [0.15, 0.2) is 0 Å². The van der Waals surface area contributed by atoms with Gasteiger partial charge in [0, 0.05) is 13.1 Å². The number of rotatable bonds is 4. The van der Waals surface area contributed by atoms with E-state index in [1.54, 1.807) is 0 Å². The van der Waals surface area contributed by atoms with Gasteiger partial charge in [0.25, 0.3) is 0 Å². The molecular formula is C8H17N3O3S. The average Bonchev–Trinajstić information content (AvgIpc) is 2.51. The molecule has 15 heavy (non-hydrogen) atoms. The minimum Gasteiger partial charge on any atom is -0.355 e. The first-order chi connectivity index (χ1) is 6.83. The van der Waals surface area contributed by atoms with Crippen molar-refractivity contribution in [1.82, 2.24) is 10.6 Å². The summed E-state index contributed by atoms with van der Waals surface area (Å²) in [4.78, 5) is 11.7. The Bertz CT molecular complexity index is 333. The van der Waals surface area contributed by atoms with Gasteiger partial charge in [-0.05, 0) is 19.9 Å². The highest BCUT2D eigenvalue weighted by molar-refractivity contribution is 7.89. The first kappa shape index (κ1) is 12.4. The van der Waals surface area contributed by atoms with Crippen molar-refractivity contribution in [1.29, 1.82) is 0 Å². The summed E-state index contributed by atoms with van der Waals surface area (Å²) in [6.45, 7) is 3.39. The molecule has 1 aliphatic rings. The molecule has 0 aliphatic carbocycles. The normalized spacial score (nSPS) is 26.5. The molecule has 0 spiro atoms. The highest BCUT2D eigenvalue weighted by Crippen LogP contribution is 2.24. The Balaban J connectivity index is 2.36. The molecule has 1 amide bonds. The zero-order chi connectivity index (χ0) is 11.5. The van der Waals surface area contributed by atoms with E-state index in [0.717, 1.165) is 13.0 Å². The number of hydrogen-bond donors (Lipinski definition) is 3. The maximum atomic E-state index is 11.7. The van der Waals surface area contributed by atoms with Crippen molar-refractivity contribution < 1.29 is 13.2 Å². The molecule has 0 saturated carbocycles. The summed E-state index contributed by atoms with van der Waals surface area (Å²) in [7, 11) is -3.49. The molecule has 1 aliphatic heterocycles. The number of nitrogens with one attached hydrogen (secondary N) is 2.